The van der Waals surface area contributed by atoms with E-state index in [1.165, 1.54) is 55.5 Å². The lowest BCUT2D eigenvalue weighted by Gasteiger charge is -2.26. The molecule has 0 aliphatic heterocycles. The van der Waals surface area contributed by atoms with Crippen molar-refractivity contribution in [2.45, 2.75) is 0 Å². The molecule has 52 heavy (non-hydrogen) atoms. The molecule has 0 amide bonds. The number of fused-ring (bicyclic) bond motifs is 1. The van der Waals surface area contributed by atoms with Crippen molar-refractivity contribution >= 4 is 28.0 Å². The van der Waals surface area contributed by atoms with Gasteiger partial charge in [-0.25, -0.2) is 0 Å². The molecular formula is C50H36N2. The minimum absolute atomic E-state index is 1.11. The molecule has 0 spiro atoms. The Morgan fingerprint density at radius 1 is 0.288 bits per heavy atom. The highest BCUT2D eigenvalue weighted by Gasteiger charge is 2.21. The van der Waals surface area contributed by atoms with Gasteiger partial charge in [-0.3, -0.25) is 0 Å². The van der Waals surface area contributed by atoms with E-state index >= 15 is 0 Å². The van der Waals surface area contributed by atoms with Gasteiger partial charge < -0.3 is 9.47 Å². The molecule has 2 heteroatoms. The molecule has 2 nitrogen and oxygen atoms in total. The van der Waals surface area contributed by atoms with E-state index in [1.807, 2.05) is 0 Å². The maximum absolute atomic E-state index is 2.42. The number of para-hydroxylation sites is 2. The molecule has 1 heterocycles. The summed E-state index contributed by atoms with van der Waals surface area (Å²) in [7, 11) is 0. The van der Waals surface area contributed by atoms with E-state index in [0.717, 1.165) is 22.7 Å². The summed E-state index contributed by atoms with van der Waals surface area (Å²) in [6.45, 7) is 0. The van der Waals surface area contributed by atoms with Crippen LogP contribution < -0.4 is 4.90 Å². The summed E-state index contributed by atoms with van der Waals surface area (Å²) in [5.74, 6) is 0. The van der Waals surface area contributed by atoms with Gasteiger partial charge in [0, 0.05) is 33.7 Å². The van der Waals surface area contributed by atoms with Gasteiger partial charge in [0.05, 0.1) is 11.2 Å². The third-order valence-electron chi connectivity index (χ3n) is 9.82. The molecule has 0 atom stereocenters. The summed E-state index contributed by atoms with van der Waals surface area (Å²) in [5.41, 5.74) is 15.3. The summed E-state index contributed by atoms with van der Waals surface area (Å²) < 4.78 is 2.42. The second-order valence-corrected chi connectivity index (χ2v) is 13.0. The minimum Gasteiger partial charge on any atom is -0.311 e. The van der Waals surface area contributed by atoms with E-state index in [-0.39, 0.29) is 0 Å². The quantitative estimate of drug-likeness (QED) is 0.157. The van der Waals surface area contributed by atoms with Crippen LogP contribution in [0.25, 0.3) is 61.2 Å². The van der Waals surface area contributed by atoms with Gasteiger partial charge in [-0.1, -0.05) is 164 Å². The molecule has 0 N–H and O–H groups in total. The lowest BCUT2D eigenvalue weighted by molar-refractivity contribution is 1.14. The van der Waals surface area contributed by atoms with E-state index in [4.69, 9.17) is 0 Å². The molecule has 1 aromatic heterocycles. The van der Waals surface area contributed by atoms with Gasteiger partial charge in [0.1, 0.15) is 0 Å². The predicted octanol–water partition coefficient (Wildman–Crippen LogP) is 13.8. The zero-order chi connectivity index (χ0) is 34.7. The SMILES string of the molecule is c1ccc(-c2ccc(N(c3ccccc3)c3ccc(-c4ccc(-n5c(-c6ccccc6)c(-c6ccccc6)c6ccccc65)cc4)cc3)cc2)cc1. The smallest absolute Gasteiger partial charge is 0.0619 e. The summed E-state index contributed by atoms with van der Waals surface area (Å²) in [6.07, 6.45) is 0. The van der Waals surface area contributed by atoms with E-state index in [9.17, 15) is 0 Å². The van der Waals surface area contributed by atoms with Crippen LogP contribution in [0, 0.1) is 0 Å². The standard InChI is InChI=1S/C50H36N2/c1-5-15-37(16-6-1)38-25-31-44(32-26-38)51(43-21-11-4-12-22-43)45-33-27-39(28-34-45)40-29-35-46(36-30-40)52-48-24-14-13-23-47(48)49(41-17-7-2-8-18-41)50(52)42-19-9-3-10-20-42/h1-36H. The van der Waals surface area contributed by atoms with Gasteiger partial charge in [0.25, 0.3) is 0 Å². The Labute approximate surface area is 305 Å². The van der Waals surface area contributed by atoms with Gasteiger partial charge >= 0.3 is 0 Å². The van der Waals surface area contributed by atoms with Crippen molar-refractivity contribution in [3.63, 3.8) is 0 Å². The highest BCUT2D eigenvalue weighted by Crippen LogP contribution is 2.43. The number of hydrogen-bond donors (Lipinski definition) is 0. The highest BCUT2D eigenvalue weighted by atomic mass is 15.1. The Balaban J connectivity index is 1.08. The lowest BCUT2D eigenvalue weighted by atomic mass is 9.98. The van der Waals surface area contributed by atoms with E-state index in [1.54, 1.807) is 0 Å². The van der Waals surface area contributed by atoms with Crippen LogP contribution in [0.2, 0.25) is 0 Å². The van der Waals surface area contributed by atoms with Crippen molar-refractivity contribution in [2.24, 2.45) is 0 Å². The highest BCUT2D eigenvalue weighted by molar-refractivity contribution is 6.05. The molecule has 246 valence electrons. The fourth-order valence-electron chi connectivity index (χ4n) is 7.34. The fraction of sp³-hybridized carbons (Fsp3) is 0. The number of benzene rings is 8. The summed E-state index contributed by atoms with van der Waals surface area (Å²) in [4.78, 5) is 2.31. The third kappa shape index (κ3) is 5.87. The van der Waals surface area contributed by atoms with Gasteiger partial charge in [-0.15, -0.1) is 0 Å². The molecular weight excluding hydrogens is 629 g/mol. The second kappa shape index (κ2) is 13.8. The first kappa shape index (κ1) is 31.1. The monoisotopic (exact) mass is 664 g/mol. The fourth-order valence-corrected chi connectivity index (χ4v) is 7.34. The van der Waals surface area contributed by atoms with Crippen molar-refractivity contribution in [2.75, 3.05) is 4.90 Å². The van der Waals surface area contributed by atoms with Crippen molar-refractivity contribution in [3.05, 3.63) is 218 Å². The number of hydrogen-bond acceptors (Lipinski definition) is 1. The Morgan fingerprint density at radius 3 is 1.21 bits per heavy atom. The minimum atomic E-state index is 1.11. The molecule has 0 saturated heterocycles. The first-order chi connectivity index (χ1) is 25.8. The average Bonchev–Trinajstić information content (AvgIpc) is 3.58. The summed E-state index contributed by atoms with van der Waals surface area (Å²) in [6, 6.07) is 78.1. The third-order valence-corrected chi connectivity index (χ3v) is 9.82. The summed E-state index contributed by atoms with van der Waals surface area (Å²) >= 11 is 0. The van der Waals surface area contributed by atoms with Crippen LogP contribution in [0.15, 0.2) is 218 Å². The first-order valence-electron chi connectivity index (χ1n) is 17.8. The molecule has 0 radical (unpaired) electrons. The van der Waals surface area contributed by atoms with Crippen molar-refractivity contribution in [3.8, 4) is 50.3 Å². The Morgan fingerprint density at radius 2 is 0.673 bits per heavy atom. The van der Waals surface area contributed by atoms with Crippen molar-refractivity contribution in [1.82, 2.24) is 4.57 Å². The maximum Gasteiger partial charge on any atom is 0.0619 e. The van der Waals surface area contributed by atoms with E-state index < -0.39 is 0 Å². The topological polar surface area (TPSA) is 8.17 Å². The Bertz CT molecular complexity index is 2550. The first-order valence-corrected chi connectivity index (χ1v) is 17.8. The van der Waals surface area contributed by atoms with Crippen LogP contribution in [0.5, 0.6) is 0 Å². The predicted molar refractivity (Wildman–Crippen MR) is 220 cm³/mol. The Hall–Kier alpha value is -6.90. The van der Waals surface area contributed by atoms with Crippen molar-refractivity contribution < 1.29 is 0 Å². The molecule has 0 aliphatic rings. The number of anilines is 3. The number of rotatable bonds is 8. The lowest BCUT2D eigenvalue weighted by Crippen LogP contribution is -2.09. The largest absolute Gasteiger partial charge is 0.311 e. The molecule has 8 aromatic carbocycles. The van der Waals surface area contributed by atoms with Gasteiger partial charge in [0.15, 0.2) is 0 Å². The van der Waals surface area contributed by atoms with Crippen LogP contribution in [0.3, 0.4) is 0 Å². The molecule has 0 aliphatic carbocycles. The number of aromatic nitrogens is 1. The zero-order valence-electron chi connectivity index (χ0n) is 28.7. The van der Waals surface area contributed by atoms with Gasteiger partial charge in [0.2, 0.25) is 0 Å². The van der Waals surface area contributed by atoms with Crippen LogP contribution in [0.1, 0.15) is 0 Å². The number of nitrogens with zero attached hydrogens (tertiary/aromatic N) is 2. The van der Waals surface area contributed by atoms with Crippen LogP contribution in [-0.4, -0.2) is 4.57 Å². The maximum atomic E-state index is 2.42. The zero-order valence-corrected chi connectivity index (χ0v) is 28.7. The van der Waals surface area contributed by atoms with Crippen LogP contribution in [0.4, 0.5) is 17.1 Å². The average molecular weight is 665 g/mol. The van der Waals surface area contributed by atoms with Gasteiger partial charge in [-0.05, 0) is 88.0 Å². The molecule has 9 aromatic rings. The normalized spacial score (nSPS) is 11.1. The van der Waals surface area contributed by atoms with Crippen LogP contribution >= 0.6 is 0 Å². The van der Waals surface area contributed by atoms with E-state index in [2.05, 4.69) is 228 Å². The molecule has 0 bridgehead atoms. The molecule has 0 saturated carbocycles. The molecule has 0 fully saturated rings. The van der Waals surface area contributed by atoms with Gasteiger partial charge in [-0.2, -0.15) is 0 Å². The van der Waals surface area contributed by atoms with Crippen molar-refractivity contribution in [1.29, 1.82) is 0 Å². The molecule has 9 rings (SSSR count). The summed E-state index contributed by atoms with van der Waals surface area (Å²) in [5, 5.41) is 1.24. The Kier molecular flexibility index (Phi) is 8.24. The van der Waals surface area contributed by atoms with Crippen LogP contribution in [-0.2, 0) is 0 Å². The van der Waals surface area contributed by atoms with E-state index in [0.29, 0.717) is 0 Å². The second-order valence-electron chi connectivity index (χ2n) is 13.0. The molecule has 0 unspecified atom stereocenters.